The normalized spacial score (nSPS) is 18.0. The smallest absolute Gasteiger partial charge is 0.491 e. The number of hydrogen-bond acceptors (Lipinski definition) is 4. The van der Waals surface area contributed by atoms with Gasteiger partial charge < -0.3 is 14.8 Å². The number of fused-ring (bicyclic) bond motifs is 1. The van der Waals surface area contributed by atoms with E-state index in [9.17, 15) is 13.2 Å². The Labute approximate surface area is 108 Å². The molecule has 7 heteroatoms. The molecular formula is C12H14F3NO3. The van der Waals surface area contributed by atoms with Crippen LogP contribution in [0, 0.1) is 0 Å². The number of halogens is 3. The van der Waals surface area contributed by atoms with Crippen LogP contribution < -0.4 is 14.8 Å². The molecule has 1 aliphatic rings. The lowest BCUT2D eigenvalue weighted by atomic mass is 10.1. The molecule has 1 heterocycles. The first kappa shape index (κ1) is 14.0. The molecule has 0 spiro atoms. The lowest BCUT2D eigenvalue weighted by Crippen LogP contribution is -2.18. The number of hydrogen-bond donors (Lipinski definition) is 1. The van der Waals surface area contributed by atoms with Gasteiger partial charge in [-0.05, 0) is 19.2 Å². The molecule has 1 aromatic carbocycles. The van der Waals surface area contributed by atoms with Gasteiger partial charge in [-0.25, -0.2) is 0 Å². The fraction of sp³-hybridized carbons (Fsp3) is 0.500. The van der Waals surface area contributed by atoms with Crippen LogP contribution in [0.5, 0.6) is 11.5 Å². The minimum atomic E-state index is -4.62. The van der Waals surface area contributed by atoms with Crippen LogP contribution in [-0.2, 0) is 4.74 Å². The van der Waals surface area contributed by atoms with Gasteiger partial charge in [0.25, 0.3) is 0 Å². The highest BCUT2D eigenvalue weighted by molar-refractivity contribution is 5.44. The highest BCUT2D eigenvalue weighted by Gasteiger charge is 2.28. The average Bonchev–Trinajstić information content (AvgIpc) is 2.75. The van der Waals surface area contributed by atoms with E-state index in [1.54, 1.807) is 12.1 Å². The molecule has 0 amide bonds. The number of ether oxygens (including phenoxy) is 3. The van der Waals surface area contributed by atoms with Gasteiger partial charge in [0.2, 0.25) is 0 Å². The molecule has 0 aliphatic carbocycles. The van der Waals surface area contributed by atoms with E-state index in [-0.39, 0.29) is 12.6 Å². The summed E-state index contributed by atoms with van der Waals surface area (Å²) < 4.78 is 49.4. The highest BCUT2D eigenvalue weighted by atomic mass is 19.4. The van der Waals surface area contributed by atoms with Crippen molar-refractivity contribution in [3.05, 3.63) is 23.8 Å². The standard InChI is InChI=1S/C12H14F3NO3/c1-16-10-7-18-11-6-8(2-3-9(10)11)17-4-5-19-12(13,14)15/h2-3,6,10,16H,4-5,7H2,1H3. The van der Waals surface area contributed by atoms with E-state index in [1.807, 2.05) is 13.1 Å². The molecule has 0 fully saturated rings. The maximum Gasteiger partial charge on any atom is 0.522 e. The molecule has 19 heavy (non-hydrogen) atoms. The van der Waals surface area contributed by atoms with E-state index < -0.39 is 13.0 Å². The molecule has 1 aliphatic heterocycles. The van der Waals surface area contributed by atoms with Crippen molar-refractivity contribution in [2.75, 3.05) is 26.9 Å². The Morgan fingerprint density at radius 3 is 2.84 bits per heavy atom. The Morgan fingerprint density at radius 2 is 2.16 bits per heavy atom. The quantitative estimate of drug-likeness (QED) is 0.838. The van der Waals surface area contributed by atoms with Crippen LogP contribution in [0.4, 0.5) is 13.2 Å². The SMILES string of the molecule is CNC1COc2cc(OCCOC(F)(F)F)ccc21. The zero-order valence-corrected chi connectivity index (χ0v) is 10.3. The predicted molar refractivity (Wildman–Crippen MR) is 61.2 cm³/mol. The molecule has 1 unspecified atom stereocenters. The van der Waals surface area contributed by atoms with Gasteiger partial charge in [-0.3, -0.25) is 4.74 Å². The molecule has 0 radical (unpaired) electrons. The first-order valence-corrected chi connectivity index (χ1v) is 5.77. The summed E-state index contributed by atoms with van der Waals surface area (Å²) in [5.74, 6) is 1.15. The summed E-state index contributed by atoms with van der Waals surface area (Å²) in [7, 11) is 1.84. The second-order valence-corrected chi connectivity index (χ2v) is 3.99. The largest absolute Gasteiger partial charge is 0.522 e. The van der Waals surface area contributed by atoms with Crippen molar-refractivity contribution in [1.82, 2.24) is 5.32 Å². The molecule has 0 saturated carbocycles. The molecule has 2 rings (SSSR count). The van der Waals surface area contributed by atoms with Crippen LogP contribution in [0.15, 0.2) is 18.2 Å². The summed E-state index contributed by atoms with van der Waals surface area (Å²) in [5, 5.41) is 3.10. The molecule has 0 bridgehead atoms. The second kappa shape index (κ2) is 5.66. The van der Waals surface area contributed by atoms with Crippen molar-refractivity contribution >= 4 is 0 Å². The third-order valence-corrected chi connectivity index (χ3v) is 2.73. The van der Waals surface area contributed by atoms with Gasteiger partial charge >= 0.3 is 6.36 Å². The van der Waals surface area contributed by atoms with Gasteiger partial charge in [-0.2, -0.15) is 0 Å². The van der Waals surface area contributed by atoms with Crippen molar-refractivity contribution in [2.24, 2.45) is 0 Å². The molecule has 0 aromatic heterocycles. The van der Waals surface area contributed by atoms with Crippen molar-refractivity contribution < 1.29 is 27.4 Å². The van der Waals surface area contributed by atoms with Gasteiger partial charge in [-0.15, -0.1) is 13.2 Å². The first-order chi connectivity index (χ1) is 8.99. The molecule has 1 N–H and O–H groups in total. The van der Waals surface area contributed by atoms with Crippen LogP contribution >= 0.6 is 0 Å². The Bertz CT molecular complexity index is 437. The van der Waals surface area contributed by atoms with Crippen LogP contribution in [-0.4, -0.2) is 33.2 Å². The predicted octanol–water partition coefficient (Wildman–Crippen LogP) is 2.25. The summed E-state index contributed by atoms with van der Waals surface area (Å²) >= 11 is 0. The van der Waals surface area contributed by atoms with Crippen molar-refractivity contribution in [3.63, 3.8) is 0 Å². The fourth-order valence-electron chi connectivity index (χ4n) is 1.84. The number of likely N-dealkylation sites (N-methyl/N-ethyl adjacent to an activating group) is 1. The summed E-state index contributed by atoms with van der Waals surface area (Å²) in [6, 6.07) is 5.34. The summed E-state index contributed by atoms with van der Waals surface area (Å²) in [4.78, 5) is 0. The Hall–Kier alpha value is -1.47. The first-order valence-electron chi connectivity index (χ1n) is 5.77. The van der Waals surface area contributed by atoms with Crippen LogP contribution in [0.25, 0.3) is 0 Å². The molecule has 0 saturated heterocycles. The van der Waals surface area contributed by atoms with Gasteiger partial charge in [0.1, 0.15) is 24.7 Å². The monoisotopic (exact) mass is 277 g/mol. The van der Waals surface area contributed by atoms with Crippen LogP contribution in [0.3, 0.4) is 0 Å². The molecule has 106 valence electrons. The van der Waals surface area contributed by atoms with Crippen molar-refractivity contribution in [2.45, 2.75) is 12.4 Å². The maximum atomic E-state index is 11.7. The molecule has 4 nitrogen and oxygen atoms in total. The van der Waals surface area contributed by atoms with E-state index in [2.05, 4.69) is 10.1 Å². The van der Waals surface area contributed by atoms with Gasteiger partial charge in [-0.1, -0.05) is 0 Å². The average molecular weight is 277 g/mol. The Kier molecular flexibility index (Phi) is 4.16. The Balaban J connectivity index is 1.86. The zero-order chi connectivity index (χ0) is 13.9. The van der Waals surface area contributed by atoms with E-state index in [0.29, 0.717) is 18.1 Å². The van der Waals surface area contributed by atoms with E-state index in [1.165, 1.54) is 0 Å². The van der Waals surface area contributed by atoms with Crippen molar-refractivity contribution in [1.29, 1.82) is 0 Å². The molecule has 1 aromatic rings. The van der Waals surface area contributed by atoms with Gasteiger partial charge in [0, 0.05) is 11.6 Å². The van der Waals surface area contributed by atoms with E-state index in [4.69, 9.17) is 9.47 Å². The van der Waals surface area contributed by atoms with Gasteiger partial charge in [0.05, 0.1) is 12.6 Å². The van der Waals surface area contributed by atoms with E-state index in [0.717, 1.165) is 5.56 Å². The number of benzene rings is 1. The third-order valence-electron chi connectivity index (χ3n) is 2.73. The summed E-state index contributed by atoms with van der Waals surface area (Å²) in [6.07, 6.45) is -4.62. The number of alkyl halides is 3. The molecule has 1 atom stereocenters. The summed E-state index contributed by atoms with van der Waals surface area (Å²) in [6.45, 7) is -0.180. The minimum absolute atomic E-state index is 0.137. The summed E-state index contributed by atoms with van der Waals surface area (Å²) in [5.41, 5.74) is 1.02. The number of nitrogens with one attached hydrogen (secondary N) is 1. The van der Waals surface area contributed by atoms with Crippen LogP contribution in [0.1, 0.15) is 11.6 Å². The third kappa shape index (κ3) is 3.74. The number of rotatable bonds is 5. The fourth-order valence-corrected chi connectivity index (χ4v) is 1.84. The second-order valence-electron chi connectivity index (χ2n) is 3.99. The lowest BCUT2D eigenvalue weighted by Gasteiger charge is -2.10. The maximum absolute atomic E-state index is 11.7. The topological polar surface area (TPSA) is 39.7 Å². The minimum Gasteiger partial charge on any atom is -0.491 e. The molecular weight excluding hydrogens is 263 g/mol. The van der Waals surface area contributed by atoms with Gasteiger partial charge in [0.15, 0.2) is 0 Å². The zero-order valence-electron chi connectivity index (χ0n) is 10.3. The van der Waals surface area contributed by atoms with Crippen molar-refractivity contribution in [3.8, 4) is 11.5 Å². The highest BCUT2D eigenvalue weighted by Crippen LogP contribution is 2.34. The van der Waals surface area contributed by atoms with E-state index >= 15 is 0 Å². The lowest BCUT2D eigenvalue weighted by molar-refractivity contribution is -0.325. The van der Waals surface area contributed by atoms with Crippen LogP contribution in [0.2, 0.25) is 0 Å². The Morgan fingerprint density at radius 1 is 1.37 bits per heavy atom.